The molecule has 2 heterocycles. The number of fused-ring (bicyclic) bond motifs is 4. The standard InChI is InChI=1S/C32H35N3O5/c1-21(2)30(31(36)35-15-13-34(14-16-35)18-22-11-12-28-29(17-22)40-20-39-28)33-32(37)38-19-27-25-9-5-3-7-23(25)24-8-4-6-10-26(24)27/h3-12,17,21,27,30H,13-16,18-20H2,1-2H3,(H,33,37)/t30-/m0/s1. The second-order valence-electron chi connectivity index (χ2n) is 11.0. The van der Waals surface area contributed by atoms with E-state index in [4.69, 9.17) is 14.2 Å². The number of piperazine rings is 1. The molecule has 0 radical (unpaired) electrons. The number of carbonyl (C=O) groups excluding carboxylic acids is 2. The second kappa shape index (κ2) is 11.2. The highest BCUT2D eigenvalue weighted by molar-refractivity contribution is 5.86. The van der Waals surface area contributed by atoms with Crippen molar-refractivity contribution in [1.82, 2.24) is 15.1 Å². The molecule has 40 heavy (non-hydrogen) atoms. The van der Waals surface area contributed by atoms with E-state index in [1.165, 1.54) is 11.1 Å². The number of hydrogen-bond donors (Lipinski definition) is 1. The van der Waals surface area contributed by atoms with Crippen LogP contribution < -0.4 is 14.8 Å². The average molecular weight is 542 g/mol. The zero-order valence-electron chi connectivity index (χ0n) is 23.0. The van der Waals surface area contributed by atoms with Gasteiger partial charge < -0.3 is 24.4 Å². The van der Waals surface area contributed by atoms with Crippen molar-refractivity contribution < 1.29 is 23.8 Å². The smallest absolute Gasteiger partial charge is 0.407 e. The predicted molar refractivity (Wildman–Crippen MR) is 151 cm³/mol. The minimum atomic E-state index is -0.643. The molecule has 1 saturated heterocycles. The molecule has 2 aliphatic heterocycles. The van der Waals surface area contributed by atoms with Gasteiger partial charge in [0.25, 0.3) is 0 Å². The zero-order chi connectivity index (χ0) is 27.6. The zero-order valence-corrected chi connectivity index (χ0v) is 23.0. The molecule has 0 saturated carbocycles. The van der Waals surface area contributed by atoms with E-state index >= 15 is 0 Å². The first-order valence-corrected chi connectivity index (χ1v) is 14.0. The van der Waals surface area contributed by atoms with Gasteiger partial charge in [0.2, 0.25) is 12.7 Å². The van der Waals surface area contributed by atoms with Gasteiger partial charge in [-0.3, -0.25) is 9.69 Å². The Labute approximate surface area is 234 Å². The lowest BCUT2D eigenvalue weighted by Gasteiger charge is -2.37. The largest absolute Gasteiger partial charge is 0.454 e. The Morgan fingerprint density at radius 3 is 2.23 bits per heavy atom. The first kappa shape index (κ1) is 26.2. The van der Waals surface area contributed by atoms with Crippen LogP contribution >= 0.6 is 0 Å². The summed E-state index contributed by atoms with van der Waals surface area (Å²) in [6, 6.07) is 21.9. The number of rotatable bonds is 7. The third-order valence-corrected chi connectivity index (χ3v) is 8.08. The van der Waals surface area contributed by atoms with E-state index in [1.807, 2.05) is 55.1 Å². The summed E-state index contributed by atoms with van der Waals surface area (Å²) in [5.74, 6) is 1.41. The number of benzene rings is 3. The molecule has 6 rings (SSSR count). The van der Waals surface area contributed by atoms with Gasteiger partial charge in [0.1, 0.15) is 12.6 Å². The fourth-order valence-electron chi connectivity index (χ4n) is 5.90. The number of amides is 2. The number of nitrogens with zero attached hydrogens (tertiary/aromatic N) is 2. The van der Waals surface area contributed by atoms with E-state index < -0.39 is 12.1 Å². The van der Waals surface area contributed by atoms with E-state index in [0.717, 1.165) is 47.8 Å². The monoisotopic (exact) mass is 541 g/mol. The molecule has 208 valence electrons. The molecule has 3 aromatic rings. The molecule has 1 fully saturated rings. The Morgan fingerprint density at radius 2 is 1.55 bits per heavy atom. The van der Waals surface area contributed by atoms with E-state index in [2.05, 4.69) is 40.5 Å². The molecule has 0 aromatic heterocycles. The Balaban J connectivity index is 1.03. The van der Waals surface area contributed by atoms with Crippen LogP contribution in [-0.2, 0) is 16.1 Å². The summed E-state index contributed by atoms with van der Waals surface area (Å²) in [6.45, 7) is 7.90. The third kappa shape index (κ3) is 5.23. The number of carbonyl (C=O) groups is 2. The minimum absolute atomic E-state index is 0.0239. The van der Waals surface area contributed by atoms with Crippen LogP contribution in [-0.4, -0.2) is 67.4 Å². The van der Waals surface area contributed by atoms with Gasteiger partial charge in [-0.25, -0.2) is 4.79 Å². The molecule has 3 aromatic carbocycles. The molecule has 1 aliphatic carbocycles. The van der Waals surface area contributed by atoms with E-state index in [-0.39, 0.29) is 31.1 Å². The summed E-state index contributed by atoms with van der Waals surface area (Å²) in [5, 5.41) is 2.87. The molecule has 0 unspecified atom stereocenters. The van der Waals surface area contributed by atoms with Crippen LogP contribution in [0.1, 0.15) is 36.5 Å². The summed E-state index contributed by atoms with van der Waals surface area (Å²) in [4.78, 5) is 30.6. The van der Waals surface area contributed by atoms with Crippen LogP contribution in [0.25, 0.3) is 11.1 Å². The molecule has 8 nitrogen and oxygen atoms in total. The summed E-state index contributed by atoms with van der Waals surface area (Å²) in [6.07, 6.45) is -0.560. The average Bonchev–Trinajstić information content (AvgIpc) is 3.57. The van der Waals surface area contributed by atoms with Gasteiger partial charge in [-0.1, -0.05) is 68.4 Å². The number of hydrogen-bond acceptors (Lipinski definition) is 6. The Hall–Kier alpha value is -4.04. The molecular weight excluding hydrogens is 506 g/mol. The summed E-state index contributed by atoms with van der Waals surface area (Å²) in [7, 11) is 0. The van der Waals surface area contributed by atoms with Crippen molar-refractivity contribution in [3.63, 3.8) is 0 Å². The first-order chi connectivity index (χ1) is 19.5. The van der Waals surface area contributed by atoms with Crippen molar-refractivity contribution in [3.05, 3.63) is 83.4 Å². The Kier molecular flexibility index (Phi) is 7.34. The lowest BCUT2D eigenvalue weighted by atomic mass is 9.98. The topological polar surface area (TPSA) is 80.3 Å². The lowest BCUT2D eigenvalue weighted by Crippen LogP contribution is -2.56. The normalized spacial score (nSPS) is 16.9. The SMILES string of the molecule is CC(C)[C@H](NC(=O)OCC1c2ccccc2-c2ccccc21)C(=O)N1CCN(Cc2ccc3c(c2)OCO3)CC1. The minimum Gasteiger partial charge on any atom is -0.454 e. The molecule has 8 heteroatoms. The molecule has 3 aliphatic rings. The van der Waals surface area contributed by atoms with Crippen molar-refractivity contribution in [2.24, 2.45) is 5.92 Å². The highest BCUT2D eigenvalue weighted by Crippen LogP contribution is 2.44. The van der Waals surface area contributed by atoms with Gasteiger partial charge in [-0.2, -0.15) is 0 Å². The number of alkyl carbamates (subject to hydrolysis) is 1. The van der Waals surface area contributed by atoms with Crippen LogP contribution in [0.4, 0.5) is 4.79 Å². The molecule has 0 spiro atoms. The summed E-state index contributed by atoms with van der Waals surface area (Å²) in [5.41, 5.74) is 5.83. The van der Waals surface area contributed by atoms with Crippen molar-refractivity contribution in [3.8, 4) is 22.6 Å². The van der Waals surface area contributed by atoms with Crippen LogP contribution in [0.15, 0.2) is 66.7 Å². The van der Waals surface area contributed by atoms with Crippen molar-refractivity contribution >= 4 is 12.0 Å². The van der Waals surface area contributed by atoms with E-state index in [1.54, 1.807) is 0 Å². The number of ether oxygens (including phenoxy) is 3. The van der Waals surface area contributed by atoms with Gasteiger partial charge in [0.15, 0.2) is 11.5 Å². The van der Waals surface area contributed by atoms with Gasteiger partial charge >= 0.3 is 6.09 Å². The van der Waals surface area contributed by atoms with E-state index in [0.29, 0.717) is 13.1 Å². The molecule has 1 N–H and O–H groups in total. The van der Waals surface area contributed by atoms with Crippen molar-refractivity contribution in [2.75, 3.05) is 39.6 Å². The second-order valence-corrected chi connectivity index (χ2v) is 11.0. The van der Waals surface area contributed by atoms with Crippen LogP contribution in [0.3, 0.4) is 0 Å². The summed E-state index contributed by atoms with van der Waals surface area (Å²) < 4.78 is 16.6. The van der Waals surface area contributed by atoms with Gasteiger partial charge in [-0.05, 0) is 45.9 Å². The summed E-state index contributed by atoms with van der Waals surface area (Å²) >= 11 is 0. The third-order valence-electron chi connectivity index (χ3n) is 8.08. The quantitative estimate of drug-likeness (QED) is 0.470. The van der Waals surface area contributed by atoms with Crippen molar-refractivity contribution in [1.29, 1.82) is 0 Å². The van der Waals surface area contributed by atoms with Gasteiger partial charge in [0.05, 0.1) is 0 Å². The maximum absolute atomic E-state index is 13.5. The maximum Gasteiger partial charge on any atom is 0.407 e. The lowest BCUT2D eigenvalue weighted by molar-refractivity contribution is -0.136. The highest BCUT2D eigenvalue weighted by atomic mass is 16.7. The van der Waals surface area contributed by atoms with E-state index in [9.17, 15) is 9.59 Å². The van der Waals surface area contributed by atoms with Crippen LogP contribution in [0.2, 0.25) is 0 Å². The molecule has 0 bridgehead atoms. The van der Waals surface area contributed by atoms with Gasteiger partial charge in [-0.15, -0.1) is 0 Å². The highest BCUT2D eigenvalue weighted by Gasteiger charge is 2.33. The molecule has 1 atom stereocenters. The fourth-order valence-corrected chi connectivity index (χ4v) is 5.90. The predicted octanol–water partition coefficient (Wildman–Crippen LogP) is 4.62. The maximum atomic E-state index is 13.5. The molecule has 2 amide bonds. The van der Waals surface area contributed by atoms with Crippen LogP contribution in [0, 0.1) is 5.92 Å². The first-order valence-electron chi connectivity index (χ1n) is 14.0. The Bertz CT molecular complexity index is 1350. The number of nitrogens with one attached hydrogen (secondary N) is 1. The molecular formula is C32H35N3O5. The van der Waals surface area contributed by atoms with Crippen molar-refractivity contribution in [2.45, 2.75) is 32.4 Å². The van der Waals surface area contributed by atoms with Gasteiger partial charge in [0, 0.05) is 38.6 Å². The van der Waals surface area contributed by atoms with Crippen LogP contribution in [0.5, 0.6) is 11.5 Å². The Morgan fingerprint density at radius 1 is 0.900 bits per heavy atom. The fraction of sp³-hybridized carbons (Fsp3) is 0.375.